The Morgan fingerprint density at radius 1 is 1.18 bits per heavy atom. The molecule has 2 aromatic carbocycles. The molecule has 3 rings (SSSR count). The average molecular weight is 496 g/mol. The Hall–Kier alpha value is -2.17. The molecular formula is C23H30ClN3O5S. The van der Waals surface area contributed by atoms with Gasteiger partial charge in [0.05, 0.1) is 36.8 Å². The van der Waals surface area contributed by atoms with E-state index in [0.29, 0.717) is 38.5 Å². The van der Waals surface area contributed by atoms with Gasteiger partial charge in [-0.1, -0.05) is 41.9 Å². The topological polar surface area (TPSA) is 88.2 Å². The maximum absolute atomic E-state index is 13.4. The average Bonchev–Trinajstić information content (AvgIpc) is 2.83. The zero-order chi connectivity index (χ0) is 23.7. The molecule has 0 bridgehead atoms. The van der Waals surface area contributed by atoms with Crippen molar-refractivity contribution in [3.05, 3.63) is 59.1 Å². The van der Waals surface area contributed by atoms with Gasteiger partial charge in [-0.15, -0.1) is 0 Å². The van der Waals surface area contributed by atoms with Crippen LogP contribution in [0.1, 0.15) is 5.56 Å². The van der Waals surface area contributed by atoms with Crippen molar-refractivity contribution in [1.29, 1.82) is 0 Å². The third-order valence-corrected chi connectivity index (χ3v) is 7.56. The zero-order valence-electron chi connectivity index (χ0n) is 18.7. The van der Waals surface area contributed by atoms with Crippen molar-refractivity contribution in [3.63, 3.8) is 0 Å². The Balaban J connectivity index is 1.69. The smallest absolute Gasteiger partial charge is 0.243 e. The number of amides is 1. The zero-order valence-corrected chi connectivity index (χ0v) is 20.3. The number of benzene rings is 2. The summed E-state index contributed by atoms with van der Waals surface area (Å²) in [5, 5.41) is 3.03. The molecule has 33 heavy (non-hydrogen) atoms. The molecule has 0 aliphatic carbocycles. The van der Waals surface area contributed by atoms with Crippen molar-refractivity contribution in [2.45, 2.75) is 11.3 Å². The van der Waals surface area contributed by atoms with Gasteiger partial charge in [-0.2, -0.15) is 4.31 Å². The van der Waals surface area contributed by atoms with Crippen molar-refractivity contribution in [1.82, 2.24) is 14.5 Å². The monoisotopic (exact) mass is 495 g/mol. The fraction of sp³-hybridized carbons (Fsp3) is 0.435. The number of nitrogens with zero attached hydrogens (tertiary/aromatic N) is 2. The van der Waals surface area contributed by atoms with Crippen LogP contribution in [0, 0.1) is 0 Å². The number of hydrogen-bond acceptors (Lipinski definition) is 6. The van der Waals surface area contributed by atoms with E-state index < -0.39 is 10.0 Å². The summed E-state index contributed by atoms with van der Waals surface area (Å²) in [5.74, 6) is 0.0341. The maximum atomic E-state index is 13.4. The molecule has 2 aromatic rings. The quantitative estimate of drug-likeness (QED) is 0.513. The van der Waals surface area contributed by atoms with E-state index >= 15 is 0 Å². The number of ether oxygens (including phenoxy) is 2. The van der Waals surface area contributed by atoms with E-state index in [1.807, 2.05) is 30.3 Å². The Labute approximate surface area is 200 Å². The fourth-order valence-corrected chi connectivity index (χ4v) is 5.28. The minimum atomic E-state index is -3.95. The van der Waals surface area contributed by atoms with Crippen molar-refractivity contribution in [2.24, 2.45) is 0 Å². The minimum Gasteiger partial charge on any atom is -0.495 e. The third kappa shape index (κ3) is 7.41. The largest absolute Gasteiger partial charge is 0.495 e. The maximum Gasteiger partial charge on any atom is 0.243 e. The lowest BCUT2D eigenvalue weighted by atomic mass is 10.1. The van der Waals surface area contributed by atoms with Gasteiger partial charge in [-0.25, -0.2) is 8.42 Å². The van der Waals surface area contributed by atoms with E-state index in [4.69, 9.17) is 21.1 Å². The van der Waals surface area contributed by atoms with Crippen LogP contribution in [-0.4, -0.2) is 83.1 Å². The molecule has 1 heterocycles. The molecule has 10 heteroatoms. The Bertz CT molecular complexity index is 1010. The Morgan fingerprint density at radius 3 is 2.58 bits per heavy atom. The van der Waals surface area contributed by atoms with E-state index in [0.717, 1.165) is 18.7 Å². The predicted molar refractivity (Wildman–Crippen MR) is 127 cm³/mol. The lowest BCUT2D eigenvalue weighted by molar-refractivity contribution is -0.121. The van der Waals surface area contributed by atoms with Gasteiger partial charge in [-0.3, -0.25) is 9.69 Å². The number of methoxy groups -OCH3 is 1. The van der Waals surface area contributed by atoms with E-state index in [9.17, 15) is 13.2 Å². The van der Waals surface area contributed by atoms with Gasteiger partial charge < -0.3 is 14.8 Å². The van der Waals surface area contributed by atoms with Gasteiger partial charge in [0.25, 0.3) is 0 Å². The third-order valence-electron chi connectivity index (χ3n) is 5.43. The van der Waals surface area contributed by atoms with Crippen LogP contribution in [0.5, 0.6) is 5.75 Å². The van der Waals surface area contributed by atoms with Gasteiger partial charge in [0.1, 0.15) is 5.75 Å². The Kier molecular flexibility index (Phi) is 9.52. The summed E-state index contributed by atoms with van der Waals surface area (Å²) in [6, 6.07) is 13.8. The highest BCUT2D eigenvalue weighted by Crippen LogP contribution is 2.28. The highest BCUT2D eigenvalue weighted by atomic mass is 35.5. The van der Waals surface area contributed by atoms with E-state index in [2.05, 4.69) is 10.2 Å². The van der Waals surface area contributed by atoms with Crippen molar-refractivity contribution < 1.29 is 22.7 Å². The highest BCUT2D eigenvalue weighted by Gasteiger charge is 2.27. The van der Waals surface area contributed by atoms with Gasteiger partial charge in [0.2, 0.25) is 15.9 Å². The summed E-state index contributed by atoms with van der Waals surface area (Å²) in [6.45, 7) is 4.04. The second kappa shape index (κ2) is 12.3. The molecule has 1 fully saturated rings. The van der Waals surface area contributed by atoms with Gasteiger partial charge in [-0.05, 0) is 30.2 Å². The van der Waals surface area contributed by atoms with Crippen LogP contribution in [0.4, 0.5) is 0 Å². The summed E-state index contributed by atoms with van der Waals surface area (Å²) in [4.78, 5) is 14.9. The number of halogens is 1. The van der Waals surface area contributed by atoms with Gasteiger partial charge in [0, 0.05) is 32.7 Å². The van der Waals surface area contributed by atoms with Crippen LogP contribution in [0.3, 0.4) is 0 Å². The number of nitrogens with one attached hydrogen (secondary N) is 1. The second-order valence-electron chi connectivity index (χ2n) is 7.67. The van der Waals surface area contributed by atoms with Crippen LogP contribution in [0.25, 0.3) is 0 Å². The van der Waals surface area contributed by atoms with Crippen LogP contribution in [0.15, 0.2) is 53.4 Å². The summed E-state index contributed by atoms with van der Waals surface area (Å²) < 4.78 is 38.4. The van der Waals surface area contributed by atoms with Crippen LogP contribution >= 0.6 is 11.6 Å². The normalized spacial score (nSPS) is 14.9. The first-order chi connectivity index (χ1) is 15.9. The molecule has 0 aromatic heterocycles. The summed E-state index contributed by atoms with van der Waals surface area (Å²) in [7, 11) is -2.49. The minimum absolute atomic E-state index is 0.0162. The van der Waals surface area contributed by atoms with Crippen LogP contribution in [0.2, 0.25) is 5.02 Å². The molecule has 1 amide bonds. The standard InChI is InChI=1S/C23H30ClN3O5S/c1-31-22-8-7-20(17-21(22)24)33(29,30)27(11-9-19-5-3-2-4-6-19)18-23(28)25-10-12-26-13-15-32-16-14-26/h2-8,17H,9-16,18H2,1H3,(H,25,28). The number of carbonyl (C=O) groups is 1. The van der Waals surface area contributed by atoms with Crippen molar-refractivity contribution in [3.8, 4) is 5.75 Å². The van der Waals surface area contributed by atoms with E-state index in [1.54, 1.807) is 0 Å². The summed E-state index contributed by atoms with van der Waals surface area (Å²) in [6.07, 6.45) is 0.477. The van der Waals surface area contributed by atoms with Gasteiger partial charge in [0.15, 0.2) is 0 Å². The predicted octanol–water partition coefficient (Wildman–Crippen LogP) is 2.03. The lowest BCUT2D eigenvalue weighted by Gasteiger charge is -2.27. The number of morpholine rings is 1. The molecule has 1 N–H and O–H groups in total. The first-order valence-corrected chi connectivity index (χ1v) is 12.7. The highest BCUT2D eigenvalue weighted by molar-refractivity contribution is 7.89. The molecule has 0 saturated carbocycles. The first kappa shape index (κ1) is 25.5. The summed E-state index contributed by atoms with van der Waals surface area (Å²) in [5.41, 5.74) is 0.984. The van der Waals surface area contributed by atoms with Crippen LogP contribution < -0.4 is 10.1 Å². The molecule has 8 nitrogen and oxygen atoms in total. The molecule has 1 aliphatic rings. The van der Waals surface area contributed by atoms with Gasteiger partial charge >= 0.3 is 0 Å². The van der Waals surface area contributed by atoms with Crippen molar-refractivity contribution >= 4 is 27.5 Å². The molecule has 0 radical (unpaired) electrons. The Morgan fingerprint density at radius 2 is 1.91 bits per heavy atom. The second-order valence-corrected chi connectivity index (χ2v) is 10.0. The first-order valence-electron chi connectivity index (χ1n) is 10.8. The van der Waals surface area contributed by atoms with Crippen molar-refractivity contribution in [2.75, 3.05) is 59.6 Å². The number of carbonyl (C=O) groups excluding carboxylic acids is 1. The van der Waals surface area contributed by atoms with E-state index in [-0.39, 0.29) is 28.9 Å². The summed E-state index contributed by atoms with van der Waals surface area (Å²) >= 11 is 6.16. The SMILES string of the molecule is COc1ccc(S(=O)(=O)N(CCc2ccccc2)CC(=O)NCCN2CCOCC2)cc1Cl. The molecule has 180 valence electrons. The lowest BCUT2D eigenvalue weighted by Crippen LogP contribution is -2.45. The molecule has 0 unspecified atom stereocenters. The number of sulfonamides is 1. The number of hydrogen-bond donors (Lipinski definition) is 1. The molecular weight excluding hydrogens is 466 g/mol. The number of rotatable bonds is 11. The molecule has 1 aliphatic heterocycles. The van der Waals surface area contributed by atoms with Crippen LogP contribution in [-0.2, 0) is 26.0 Å². The molecule has 0 atom stereocenters. The molecule has 1 saturated heterocycles. The van der Waals surface area contributed by atoms with E-state index in [1.165, 1.54) is 29.6 Å². The molecule has 0 spiro atoms. The fourth-order valence-electron chi connectivity index (χ4n) is 3.53.